The molecular formula is C29H40N8O4. The molecule has 0 aliphatic carbocycles. The SMILES string of the molecule is CCCNc1nc(Nc2ccc3cnccc3c2)ncc1C(=O)NCCCNC(=O)[C@H](C)N(C)C(=O)OC(C)(C)C. The molecule has 4 N–H and O–H groups in total. The van der Waals surface area contributed by atoms with E-state index in [1.807, 2.05) is 31.2 Å². The number of rotatable bonds is 12. The Balaban J connectivity index is 1.52. The maximum absolute atomic E-state index is 12.9. The molecule has 0 saturated carbocycles. The summed E-state index contributed by atoms with van der Waals surface area (Å²) in [6.45, 7) is 10.2. The molecule has 220 valence electrons. The number of amides is 3. The average Bonchev–Trinajstić information content (AvgIpc) is 2.94. The van der Waals surface area contributed by atoms with Crippen LogP contribution in [0, 0.1) is 0 Å². The van der Waals surface area contributed by atoms with Crippen molar-refractivity contribution >= 4 is 46.1 Å². The van der Waals surface area contributed by atoms with Crippen LogP contribution in [0.5, 0.6) is 0 Å². The van der Waals surface area contributed by atoms with Gasteiger partial charge in [-0.3, -0.25) is 19.5 Å². The monoisotopic (exact) mass is 564 g/mol. The van der Waals surface area contributed by atoms with E-state index in [2.05, 4.69) is 36.2 Å². The first-order valence-electron chi connectivity index (χ1n) is 13.7. The molecular weight excluding hydrogens is 524 g/mol. The van der Waals surface area contributed by atoms with E-state index in [1.54, 1.807) is 40.1 Å². The Morgan fingerprint density at radius 2 is 1.78 bits per heavy atom. The Labute approximate surface area is 240 Å². The molecule has 3 amide bonds. The number of hydrogen-bond donors (Lipinski definition) is 4. The predicted molar refractivity (Wildman–Crippen MR) is 159 cm³/mol. The maximum Gasteiger partial charge on any atom is 0.410 e. The van der Waals surface area contributed by atoms with Gasteiger partial charge in [0.2, 0.25) is 11.9 Å². The van der Waals surface area contributed by atoms with Gasteiger partial charge in [-0.1, -0.05) is 13.0 Å². The molecule has 0 unspecified atom stereocenters. The number of aromatic nitrogens is 3. The first-order chi connectivity index (χ1) is 19.5. The van der Waals surface area contributed by atoms with Crippen LogP contribution in [0.25, 0.3) is 10.8 Å². The zero-order valence-corrected chi connectivity index (χ0v) is 24.6. The van der Waals surface area contributed by atoms with Gasteiger partial charge < -0.3 is 26.0 Å². The number of hydrogen-bond acceptors (Lipinski definition) is 9. The smallest absolute Gasteiger partial charge is 0.410 e. The number of ether oxygens (including phenoxy) is 1. The summed E-state index contributed by atoms with van der Waals surface area (Å²) in [5.74, 6) is 0.161. The van der Waals surface area contributed by atoms with Gasteiger partial charge in [-0.2, -0.15) is 4.98 Å². The topological polar surface area (TPSA) is 150 Å². The van der Waals surface area contributed by atoms with E-state index in [4.69, 9.17) is 4.74 Å². The lowest BCUT2D eigenvalue weighted by Gasteiger charge is -2.28. The minimum Gasteiger partial charge on any atom is -0.444 e. The fraction of sp³-hybridized carbons (Fsp3) is 0.448. The van der Waals surface area contributed by atoms with Gasteiger partial charge in [0.25, 0.3) is 5.91 Å². The third-order valence-electron chi connectivity index (χ3n) is 6.05. The Kier molecular flexibility index (Phi) is 10.8. The van der Waals surface area contributed by atoms with Crippen molar-refractivity contribution in [3.05, 3.63) is 48.4 Å². The van der Waals surface area contributed by atoms with E-state index in [1.165, 1.54) is 18.1 Å². The van der Waals surface area contributed by atoms with Crippen LogP contribution in [-0.2, 0) is 9.53 Å². The van der Waals surface area contributed by atoms with Gasteiger partial charge in [-0.05, 0) is 64.1 Å². The van der Waals surface area contributed by atoms with Crippen LogP contribution in [0.15, 0.2) is 42.9 Å². The number of likely N-dealkylation sites (N-methyl/N-ethyl adjacent to an activating group) is 1. The third kappa shape index (κ3) is 9.30. The Hall–Kier alpha value is -4.48. The highest BCUT2D eigenvalue weighted by Crippen LogP contribution is 2.22. The minimum absolute atomic E-state index is 0.310. The molecule has 3 aromatic rings. The summed E-state index contributed by atoms with van der Waals surface area (Å²) in [4.78, 5) is 51.9. The van der Waals surface area contributed by atoms with Crippen molar-refractivity contribution in [1.82, 2.24) is 30.5 Å². The molecule has 2 aromatic heterocycles. The number of nitrogens with zero attached hydrogens (tertiary/aromatic N) is 4. The number of pyridine rings is 1. The van der Waals surface area contributed by atoms with Crippen LogP contribution >= 0.6 is 0 Å². The maximum atomic E-state index is 12.9. The van der Waals surface area contributed by atoms with Gasteiger partial charge in [0.1, 0.15) is 23.0 Å². The average molecular weight is 565 g/mol. The first-order valence-corrected chi connectivity index (χ1v) is 13.7. The summed E-state index contributed by atoms with van der Waals surface area (Å²) in [5.41, 5.74) is 0.490. The van der Waals surface area contributed by atoms with Gasteiger partial charge in [-0.15, -0.1) is 0 Å². The highest BCUT2D eigenvalue weighted by molar-refractivity contribution is 5.98. The summed E-state index contributed by atoms with van der Waals surface area (Å²) in [6, 6.07) is 7.09. The molecule has 1 atom stereocenters. The molecule has 2 heterocycles. The number of nitrogens with one attached hydrogen (secondary N) is 4. The Morgan fingerprint density at radius 3 is 2.51 bits per heavy atom. The van der Waals surface area contributed by atoms with E-state index >= 15 is 0 Å². The zero-order valence-electron chi connectivity index (χ0n) is 24.6. The molecule has 0 bridgehead atoms. The van der Waals surface area contributed by atoms with Gasteiger partial charge in [0, 0.05) is 56.3 Å². The second-order valence-corrected chi connectivity index (χ2v) is 10.6. The number of fused-ring (bicyclic) bond motifs is 1. The molecule has 0 saturated heterocycles. The van der Waals surface area contributed by atoms with Crippen molar-refractivity contribution in [3.8, 4) is 0 Å². The van der Waals surface area contributed by atoms with Gasteiger partial charge in [0.15, 0.2) is 0 Å². The number of carbonyl (C=O) groups is 3. The van der Waals surface area contributed by atoms with Crippen molar-refractivity contribution in [2.24, 2.45) is 0 Å². The Morgan fingerprint density at radius 1 is 1.02 bits per heavy atom. The van der Waals surface area contributed by atoms with Gasteiger partial charge in [-0.25, -0.2) is 9.78 Å². The fourth-order valence-electron chi connectivity index (χ4n) is 3.69. The summed E-state index contributed by atoms with van der Waals surface area (Å²) in [5, 5.41) is 14.1. The van der Waals surface area contributed by atoms with Crippen LogP contribution in [0.1, 0.15) is 57.8 Å². The quantitative estimate of drug-likeness (QED) is 0.239. The highest BCUT2D eigenvalue weighted by atomic mass is 16.6. The number of anilines is 3. The molecule has 12 nitrogen and oxygen atoms in total. The Bertz CT molecular complexity index is 1360. The van der Waals surface area contributed by atoms with Crippen molar-refractivity contribution in [3.63, 3.8) is 0 Å². The van der Waals surface area contributed by atoms with Gasteiger partial charge >= 0.3 is 6.09 Å². The van der Waals surface area contributed by atoms with Crippen molar-refractivity contribution in [2.75, 3.05) is 37.3 Å². The normalized spacial score (nSPS) is 11.9. The fourth-order valence-corrected chi connectivity index (χ4v) is 3.69. The summed E-state index contributed by atoms with van der Waals surface area (Å²) < 4.78 is 5.31. The van der Waals surface area contributed by atoms with Crippen LogP contribution in [0.3, 0.4) is 0 Å². The summed E-state index contributed by atoms with van der Waals surface area (Å²) in [6.07, 6.45) is 5.81. The lowest BCUT2D eigenvalue weighted by Crippen LogP contribution is -2.47. The molecule has 0 fully saturated rings. The van der Waals surface area contributed by atoms with E-state index in [0.29, 0.717) is 43.4 Å². The number of carbonyl (C=O) groups excluding carboxylic acids is 3. The summed E-state index contributed by atoms with van der Waals surface area (Å²) in [7, 11) is 1.52. The molecule has 0 aliphatic rings. The highest BCUT2D eigenvalue weighted by Gasteiger charge is 2.26. The van der Waals surface area contributed by atoms with Crippen molar-refractivity contribution in [1.29, 1.82) is 0 Å². The van der Waals surface area contributed by atoms with Crippen molar-refractivity contribution < 1.29 is 19.1 Å². The lowest BCUT2D eigenvalue weighted by atomic mass is 10.1. The second kappa shape index (κ2) is 14.2. The van der Waals surface area contributed by atoms with Crippen LogP contribution < -0.4 is 21.3 Å². The molecule has 12 heteroatoms. The molecule has 0 spiro atoms. The molecule has 0 radical (unpaired) electrons. The lowest BCUT2D eigenvalue weighted by molar-refractivity contribution is -0.125. The van der Waals surface area contributed by atoms with Crippen molar-refractivity contribution in [2.45, 2.75) is 59.1 Å². The number of benzene rings is 1. The molecule has 41 heavy (non-hydrogen) atoms. The van der Waals surface area contributed by atoms with E-state index < -0.39 is 17.7 Å². The van der Waals surface area contributed by atoms with E-state index in [-0.39, 0.29) is 11.8 Å². The standard InChI is InChI=1S/C29H40N8O4/c1-7-12-31-24-23(18-34-27(36-24)35-22-10-9-21-17-30-15-11-20(21)16-22)26(39)33-14-8-13-32-25(38)19(2)37(6)28(40)41-29(3,4)5/h9-11,15-19H,7-8,12-14H2,1-6H3,(H,32,38)(H,33,39)(H2,31,34,35,36)/t19-/m0/s1. The van der Waals surface area contributed by atoms with E-state index in [9.17, 15) is 14.4 Å². The third-order valence-corrected chi connectivity index (χ3v) is 6.05. The summed E-state index contributed by atoms with van der Waals surface area (Å²) >= 11 is 0. The largest absolute Gasteiger partial charge is 0.444 e. The minimum atomic E-state index is -0.706. The van der Waals surface area contributed by atoms with Gasteiger partial charge in [0.05, 0.1) is 0 Å². The molecule has 1 aromatic carbocycles. The van der Waals surface area contributed by atoms with E-state index in [0.717, 1.165) is 22.9 Å². The molecule has 0 aliphatic heterocycles. The predicted octanol–water partition coefficient (Wildman–Crippen LogP) is 4.08. The molecule has 3 rings (SSSR count). The van der Waals surface area contributed by atoms with Crippen LogP contribution in [-0.4, -0.2) is 76.1 Å². The second-order valence-electron chi connectivity index (χ2n) is 10.6. The zero-order chi connectivity index (χ0) is 30.0. The van der Waals surface area contributed by atoms with Crippen LogP contribution in [0.4, 0.5) is 22.2 Å². The van der Waals surface area contributed by atoms with Crippen LogP contribution in [0.2, 0.25) is 0 Å². The first kappa shape index (κ1) is 31.1.